The average Bonchev–Trinajstić information content (AvgIpc) is 3.29. The van der Waals surface area contributed by atoms with E-state index < -0.39 is 34.6 Å². The molecule has 0 aliphatic carbocycles. The summed E-state index contributed by atoms with van der Waals surface area (Å²) in [7, 11) is 0. The van der Waals surface area contributed by atoms with Crippen molar-refractivity contribution in [2.75, 3.05) is 47.7 Å². The number of hydrogen-bond acceptors (Lipinski definition) is 14. The second kappa shape index (κ2) is 10.5. The van der Waals surface area contributed by atoms with E-state index in [0.29, 0.717) is 0 Å². The number of thioether (sulfide) groups is 2. The molecule has 0 aromatic carbocycles. The van der Waals surface area contributed by atoms with Crippen molar-refractivity contribution in [3.05, 3.63) is 17.1 Å². The molecule has 18 heteroatoms. The van der Waals surface area contributed by atoms with Crippen LogP contribution in [0.15, 0.2) is 21.8 Å². The number of aromatic nitrogens is 3. The van der Waals surface area contributed by atoms with Crippen LogP contribution in [-0.2, 0) is 19.2 Å². The lowest BCUT2D eigenvalue weighted by atomic mass is 9.89. The van der Waals surface area contributed by atoms with Crippen LogP contribution in [0.25, 0.3) is 0 Å². The maximum atomic E-state index is 13.0. The number of carbonyl (C=O) groups excluding carboxylic acids is 2. The molecule has 4 rings (SSSR count). The van der Waals surface area contributed by atoms with Gasteiger partial charge in [-0.1, -0.05) is 10.1 Å². The lowest BCUT2D eigenvalue weighted by Crippen LogP contribution is -2.74. The zero-order valence-corrected chi connectivity index (χ0v) is 21.9. The topological polar surface area (TPSA) is 242 Å². The lowest BCUT2D eigenvalue weighted by Gasteiger charge is -2.53. The molecule has 0 spiro atoms. The smallest absolute Gasteiger partial charge is 0.322 e. The molecule has 3 atom stereocenters. The fourth-order valence-corrected chi connectivity index (χ4v) is 7.03. The third kappa shape index (κ3) is 5.16. The highest BCUT2D eigenvalue weighted by Gasteiger charge is 2.57. The van der Waals surface area contributed by atoms with Gasteiger partial charge in [0, 0.05) is 23.4 Å². The summed E-state index contributed by atoms with van der Waals surface area (Å²) in [5.41, 5.74) is 16.0. The quantitative estimate of drug-likeness (QED) is 0.0375. The van der Waals surface area contributed by atoms with Gasteiger partial charge in [-0.3, -0.25) is 20.2 Å². The monoisotopic (exact) mass is 569 g/mol. The van der Waals surface area contributed by atoms with E-state index in [2.05, 4.69) is 20.4 Å². The summed E-state index contributed by atoms with van der Waals surface area (Å²) in [5, 5.41) is 18.2. The van der Waals surface area contributed by atoms with Crippen molar-refractivity contribution in [1.82, 2.24) is 20.2 Å². The van der Waals surface area contributed by atoms with Crippen LogP contribution >= 0.6 is 34.9 Å². The van der Waals surface area contributed by atoms with E-state index in [1.54, 1.807) is 12.3 Å². The van der Waals surface area contributed by atoms with Crippen molar-refractivity contribution >= 4 is 75.1 Å². The average molecular weight is 570 g/mol. The number of anilines is 3. The molecule has 2 aliphatic heterocycles. The number of carbonyl (C=O) groups is 3. The summed E-state index contributed by atoms with van der Waals surface area (Å²) in [5.74, 6) is 4.33. The fourth-order valence-electron chi connectivity index (χ4n) is 3.68. The summed E-state index contributed by atoms with van der Waals surface area (Å²) >= 11 is 3.47. The Morgan fingerprint density at radius 3 is 2.81 bits per heavy atom. The van der Waals surface area contributed by atoms with E-state index >= 15 is 0 Å². The minimum atomic E-state index is -1.29. The molecule has 2 amide bonds. The van der Waals surface area contributed by atoms with Gasteiger partial charge in [0.25, 0.3) is 5.91 Å². The molecule has 2 aliphatic rings. The number of hydrogen-bond donors (Lipinski definition) is 6. The summed E-state index contributed by atoms with van der Waals surface area (Å²) in [6.45, 7) is 1.88. The predicted octanol–water partition coefficient (Wildman–Crippen LogP) is -1.71. The number of fused-ring (bicyclic) bond motifs is 1. The van der Waals surface area contributed by atoms with Crippen molar-refractivity contribution < 1.29 is 29.0 Å². The van der Waals surface area contributed by atoms with E-state index in [9.17, 15) is 19.5 Å². The molecule has 37 heavy (non-hydrogen) atoms. The molecular weight excluding hydrogens is 544 g/mol. The maximum Gasteiger partial charge on any atom is 0.322 e. The van der Waals surface area contributed by atoms with E-state index in [0.717, 1.165) is 27.8 Å². The molecule has 2 aromatic rings. The molecule has 0 saturated carbocycles. The third-order valence-corrected chi connectivity index (χ3v) is 9.14. The summed E-state index contributed by atoms with van der Waals surface area (Å²) < 4.78 is 1.12. The first-order valence-corrected chi connectivity index (χ1v) is 13.7. The maximum absolute atomic E-state index is 13.0. The summed E-state index contributed by atoms with van der Waals surface area (Å²) in [6.07, 6.45) is 0. The van der Waals surface area contributed by atoms with Crippen LogP contribution in [-0.4, -0.2) is 79.5 Å². The van der Waals surface area contributed by atoms with Gasteiger partial charge in [0.1, 0.15) is 29.1 Å². The number of carboxylic acids is 1. The minimum Gasteiger partial charge on any atom is -0.481 e. The van der Waals surface area contributed by atoms with Crippen LogP contribution < -0.4 is 33.0 Å². The molecule has 2 fully saturated rings. The standard InChI is InChI=1S/C19H24N10O5S3/c1-2-34-27-11(8-4-35-17(22)24-8)13(30)26-12-14(31)28-5-19(16(32)33,6-36-15(12)28)7-37-18-25-9(20)3-10(21)29(18)23/h3-4,12,15H,2,5-7,23H2,1H3,(H7,20,21,22,24,26,30,32,33)/p+1/t12?,15-,19?/m1/s1. The molecule has 2 saturated heterocycles. The fraction of sp³-hybridized carbons (Fsp3) is 0.421. The van der Waals surface area contributed by atoms with Crippen LogP contribution in [0.4, 0.5) is 16.8 Å². The minimum absolute atomic E-state index is 0.0525. The highest BCUT2D eigenvalue weighted by atomic mass is 32.2. The summed E-state index contributed by atoms with van der Waals surface area (Å²) in [4.78, 5) is 52.9. The van der Waals surface area contributed by atoms with Gasteiger partial charge in [-0.15, -0.1) is 27.8 Å². The molecule has 2 aromatic heterocycles. The highest BCUT2D eigenvalue weighted by Crippen LogP contribution is 2.44. The Balaban J connectivity index is 1.45. The molecule has 0 radical (unpaired) electrons. The number of aliphatic carboxylic acids is 1. The number of oxime groups is 1. The number of carboxylic acid groups (broad SMARTS) is 1. The van der Waals surface area contributed by atoms with E-state index in [1.807, 2.05) is 0 Å². The summed E-state index contributed by atoms with van der Waals surface area (Å²) in [6, 6.07) is 0.528. The van der Waals surface area contributed by atoms with Gasteiger partial charge in [0.2, 0.25) is 17.5 Å². The van der Waals surface area contributed by atoms with Gasteiger partial charge < -0.3 is 37.4 Å². The Morgan fingerprint density at radius 1 is 1.41 bits per heavy atom. The molecule has 198 valence electrons. The number of nitrogens with one attached hydrogen (secondary N) is 1. The van der Waals surface area contributed by atoms with Crippen LogP contribution in [0.1, 0.15) is 12.6 Å². The molecule has 4 heterocycles. The van der Waals surface area contributed by atoms with Gasteiger partial charge in [0.15, 0.2) is 10.8 Å². The Kier molecular flexibility index (Phi) is 7.51. The van der Waals surface area contributed by atoms with E-state index in [4.69, 9.17) is 27.9 Å². The van der Waals surface area contributed by atoms with Crippen molar-refractivity contribution in [2.24, 2.45) is 10.6 Å². The molecule has 0 bridgehead atoms. The Morgan fingerprint density at radius 2 is 2.16 bits per heavy atom. The van der Waals surface area contributed by atoms with Gasteiger partial charge in [-0.25, -0.2) is 4.98 Å². The number of nitrogen functional groups attached to an aromatic ring is 4. The van der Waals surface area contributed by atoms with Gasteiger partial charge >= 0.3 is 11.1 Å². The van der Waals surface area contributed by atoms with Crippen LogP contribution in [0.3, 0.4) is 0 Å². The number of nitrogens with zero attached hydrogens (tertiary/aromatic N) is 5. The predicted molar refractivity (Wildman–Crippen MR) is 139 cm³/mol. The van der Waals surface area contributed by atoms with Gasteiger partial charge in [-0.2, -0.15) is 0 Å². The third-order valence-electron chi connectivity index (χ3n) is 5.63. The zero-order valence-electron chi connectivity index (χ0n) is 19.5. The van der Waals surface area contributed by atoms with E-state index in [-0.39, 0.29) is 58.0 Å². The zero-order chi connectivity index (χ0) is 26.9. The Labute approximate surface area is 222 Å². The molecular formula is C19H25N10O5S3+. The number of thiazole rings is 1. The van der Waals surface area contributed by atoms with Crippen molar-refractivity contribution in [2.45, 2.75) is 23.5 Å². The first-order chi connectivity index (χ1) is 17.6. The lowest BCUT2D eigenvalue weighted by molar-refractivity contribution is -0.667. The van der Waals surface area contributed by atoms with Crippen LogP contribution in [0.5, 0.6) is 0 Å². The van der Waals surface area contributed by atoms with Gasteiger partial charge in [-0.05, 0) is 18.7 Å². The second-order valence-corrected chi connectivity index (χ2v) is 11.1. The van der Waals surface area contributed by atoms with Crippen LogP contribution in [0.2, 0.25) is 0 Å². The molecule has 10 N–H and O–H groups in total. The molecule has 2 unspecified atom stereocenters. The highest BCUT2D eigenvalue weighted by molar-refractivity contribution is 8.00. The molecule has 15 nitrogen and oxygen atoms in total. The second-order valence-electron chi connectivity index (χ2n) is 8.18. The van der Waals surface area contributed by atoms with Gasteiger partial charge in [0.05, 0.1) is 6.07 Å². The van der Waals surface area contributed by atoms with Crippen molar-refractivity contribution in [3.8, 4) is 0 Å². The SMILES string of the molecule is CCON=C(C(=O)NC1C(=O)N2CC(CSc3nc(N)cc(N)[n+]3N)(C(=O)O)CS[C@H]12)c1csc(N)n1. The van der Waals surface area contributed by atoms with E-state index in [1.165, 1.54) is 22.7 Å². The number of β-lactam (4-membered cyclic amide) rings is 1. The number of rotatable bonds is 9. The normalized spacial score (nSPS) is 23.2. The Hall–Kier alpha value is -3.51. The van der Waals surface area contributed by atoms with Crippen molar-refractivity contribution in [1.29, 1.82) is 0 Å². The van der Waals surface area contributed by atoms with Crippen LogP contribution in [0, 0.1) is 5.41 Å². The number of nitrogens with two attached hydrogens (primary N) is 4. The first kappa shape index (κ1) is 26.6. The number of amides is 2. The van der Waals surface area contributed by atoms with Crippen molar-refractivity contribution in [3.63, 3.8) is 0 Å². The Bertz CT molecular complexity index is 1270. The largest absolute Gasteiger partial charge is 0.481 e. The first-order valence-electron chi connectivity index (χ1n) is 10.8.